The molecule has 0 saturated heterocycles. The van der Waals surface area contributed by atoms with Crippen LogP contribution in [0.15, 0.2) is 24.4 Å². The predicted octanol–water partition coefficient (Wildman–Crippen LogP) is 3.49. The summed E-state index contributed by atoms with van der Waals surface area (Å²) >= 11 is 0. The number of amides is 2. The lowest BCUT2D eigenvalue weighted by Gasteiger charge is -2.24. The molecule has 0 saturated carbocycles. The van der Waals surface area contributed by atoms with Gasteiger partial charge in [0.05, 0.1) is 24.7 Å². The number of hydrogen-bond donors (Lipinski definition) is 3. The molecule has 3 N–H and O–H groups in total. The second kappa shape index (κ2) is 10.5. The van der Waals surface area contributed by atoms with Crippen molar-refractivity contribution >= 4 is 35.3 Å². The lowest BCUT2D eigenvalue weighted by Crippen LogP contribution is -2.32. The number of hydrogen-bond acceptors (Lipinski definition) is 6. The normalized spacial score (nSPS) is 13.5. The number of nitrogens with one attached hydrogen (secondary N) is 2. The lowest BCUT2D eigenvalue weighted by atomic mass is 9.99. The van der Waals surface area contributed by atoms with E-state index in [2.05, 4.69) is 15.3 Å². The smallest absolute Gasteiger partial charge is 0.413 e. The van der Waals surface area contributed by atoms with Crippen LogP contribution in [0.25, 0.3) is 16.6 Å². The van der Waals surface area contributed by atoms with Crippen molar-refractivity contribution in [3.05, 3.63) is 35.8 Å². The zero-order valence-corrected chi connectivity index (χ0v) is 18.1. The molecule has 1 aliphatic rings. The molecule has 0 unspecified atom stereocenters. The van der Waals surface area contributed by atoms with Crippen LogP contribution in [0.2, 0.25) is 0 Å². The van der Waals surface area contributed by atoms with E-state index < -0.39 is 11.7 Å². The summed E-state index contributed by atoms with van der Waals surface area (Å²) in [6.45, 7) is 6.10. The van der Waals surface area contributed by atoms with Crippen molar-refractivity contribution in [3.63, 3.8) is 0 Å². The molecule has 0 fully saturated rings. The van der Waals surface area contributed by atoms with Gasteiger partial charge in [0.15, 0.2) is 0 Å². The van der Waals surface area contributed by atoms with Crippen molar-refractivity contribution < 1.29 is 29.0 Å². The third-order valence-electron chi connectivity index (χ3n) is 4.27. The van der Waals surface area contributed by atoms with E-state index in [1.165, 1.54) is 7.11 Å². The van der Waals surface area contributed by atoms with Crippen molar-refractivity contribution in [1.82, 2.24) is 20.2 Å². The van der Waals surface area contributed by atoms with Gasteiger partial charge in [0.25, 0.3) is 6.47 Å². The summed E-state index contributed by atoms with van der Waals surface area (Å²) in [7, 11) is 1.38. The summed E-state index contributed by atoms with van der Waals surface area (Å²) in [6.07, 6.45) is 2.78. The van der Waals surface area contributed by atoms with Crippen molar-refractivity contribution in [2.45, 2.75) is 45.8 Å². The molecule has 1 aromatic heterocycles. The predicted molar refractivity (Wildman–Crippen MR) is 114 cm³/mol. The third-order valence-corrected chi connectivity index (χ3v) is 4.27. The van der Waals surface area contributed by atoms with Crippen LogP contribution < -0.4 is 5.32 Å². The molecule has 2 amide bonds. The summed E-state index contributed by atoms with van der Waals surface area (Å²) in [5.74, 6) is 0.645. The zero-order chi connectivity index (χ0) is 23.0. The lowest BCUT2D eigenvalue weighted by molar-refractivity contribution is -0.122. The molecule has 10 heteroatoms. The Hall–Kier alpha value is -3.56. The van der Waals surface area contributed by atoms with E-state index in [9.17, 15) is 9.59 Å². The van der Waals surface area contributed by atoms with Crippen LogP contribution in [0.3, 0.4) is 0 Å². The summed E-state index contributed by atoms with van der Waals surface area (Å²) in [5.41, 5.74) is 3.23. The van der Waals surface area contributed by atoms with Gasteiger partial charge in [-0.25, -0.2) is 14.6 Å². The molecule has 3 rings (SSSR count). The number of aromatic nitrogens is 2. The standard InChI is InChI=1S/C20H26N4O4.CH2O2/c1-20(2,3)28-18(25)21-11-17-22-15-8-7-13(10-16(15)23-17)14-6-5-9-24(12-14)19(26)27-4;2-1-3/h7-8,10,12H,5-6,9,11H2,1-4H3,(H,21,25)(H,22,23);1H,(H,2,3). The fraction of sp³-hybridized carbons (Fsp3) is 0.429. The number of methoxy groups -OCH3 is 1. The van der Waals surface area contributed by atoms with E-state index in [1.54, 1.807) is 4.90 Å². The number of carbonyl (C=O) groups is 3. The van der Waals surface area contributed by atoms with Crippen molar-refractivity contribution in [2.75, 3.05) is 13.7 Å². The highest BCUT2D eigenvalue weighted by molar-refractivity contribution is 5.82. The number of fused-ring (bicyclic) bond motifs is 1. The van der Waals surface area contributed by atoms with Gasteiger partial charge in [-0.1, -0.05) is 6.07 Å². The third kappa shape index (κ3) is 7.02. The first kappa shape index (κ1) is 23.7. The molecule has 2 heterocycles. The van der Waals surface area contributed by atoms with Crippen molar-refractivity contribution in [3.8, 4) is 0 Å². The largest absolute Gasteiger partial charge is 0.483 e. The molecule has 0 bridgehead atoms. The molecule has 168 valence electrons. The molecule has 0 radical (unpaired) electrons. The first-order chi connectivity index (χ1) is 14.7. The highest BCUT2D eigenvalue weighted by Gasteiger charge is 2.19. The fourth-order valence-corrected chi connectivity index (χ4v) is 3.05. The zero-order valence-electron chi connectivity index (χ0n) is 18.1. The Kier molecular flexibility index (Phi) is 8.00. The number of benzene rings is 1. The van der Waals surface area contributed by atoms with Gasteiger partial charge in [-0.3, -0.25) is 9.69 Å². The highest BCUT2D eigenvalue weighted by Crippen LogP contribution is 2.27. The van der Waals surface area contributed by atoms with E-state index in [1.807, 2.05) is 45.2 Å². The first-order valence-corrected chi connectivity index (χ1v) is 9.76. The maximum atomic E-state index is 11.8. The molecule has 0 aliphatic carbocycles. The van der Waals surface area contributed by atoms with Crippen LogP contribution in [0.1, 0.15) is 45.0 Å². The van der Waals surface area contributed by atoms with Gasteiger partial charge in [0, 0.05) is 12.7 Å². The Labute approximate surface area is 180 Å². The summed E-state index contributed by atoms with van der Waals surface area (Å²) in [6, 6.07) is 5.92. The molecule has 1 aliphatic heterocycles. The van der Waals surface area contributed by atoms with Crippen molar-refractivity contribution in [2.24, 2.45) is 0 Å². The minimum absolute atomic E-state index is 0.248. The van der Waals surface area contributed by atoms with Gasteiger partial charge >= 0.3 is 12.2 Å². The first-order valence-electron chi connectivity index (χ1n) is 9.76. The Morgan fingerprint density at radius 1 is 1.35 bits per heavy atom. The van der Waals surface area contributed by atoms with Crippen LogP contribution in [0, 0.1) is 0 Å². The van der Waals surface area contributed by atoms with Gasteiger partial charge in [-0.15, -0.1) is 0 Å². The number of allylic oxidation sites excluding steroid dienone is 1. The molecule has 0 spiro atoms. The Balaban J connectivity index is 0.00000107. The van der Waals surface area contributed by atoms with E-state index >= 15 is 0 Å². The van der Waals surface area contributed by atoms with Crippen LogP contribution in [0.5, 0.6) is 0 Å². The quantitative estimate of drug-likeness (QED) is 0.632. The number of imidazole rings is 1. The number of H-pyrrole nitrogens is 1. The van der Waals surface area contributed by atoms with Gasteiger partial charge < -0.3 is 24.9 Å². The maximum Gasteiger partial charge on any atom is 0.413 e. The number of ether oxygens (including phenoxy) is 2. The van der Waals surface area contributed by atoms with Crippen LogP contribution in [-0.4, -0.2) is 57.9 Å². The molecular weight excluding hydrogens is 404 g/mol. The van der Waals surface area contributed by atoms with Crippen LogP contribution in [-0.2, 0) is 20.8 Å². The Morgan fingerprint density at radius 2 is 2.06 bits per heavy atom. The SMILES string of the molecule is COC(=O)N1C=C(c2ccc3nc(CNC(=O)OC(C)(C)C)[nH]c3c2)CCC1.O=CO. The van der Waals surface area contributed by atoms with Gasteiger partial charge in [-0.05, 0) is 56.9 Å². The second-order valence-corrected chi connectivity index (χ2v) is 7.80. The number of carbonyl (C=O) groups excluding carboxylic acids is 2. The molecule has 10 nitrogen and oxygen atoms in total. The Morgan fingerprint density at radius 3 is 2.71 bits per heavy atom. The van der Waals surface area contributed by atoms with Gasteiger partial charge in [-0.2, -0.15) is 0 Å². The summed E-state index contributed by atoms with van der Waals surface area (Å²) < 4.78 is 10.0. The molecule has 31 heavy (non-hydrogen) atoms. The topological polar surface area (TPSA) is 134 Å². The maximum absolute atomic E-state index is 11.8. The fourth-order valence-electron chi connectivity index (χ4n) is 3.05. The minimum atomic E-state index is -0.543. The van der Waals surface area contributed by atoms with E-state index in [0.29, 0.717) is 12.4 Å². The van der Waals surface area contributed by atoms with Crippen LogP contribution in [0.4, 0.5) is 9.59 Å². The molecule has 0 atom stereocenters. The number of carboxylic acid groups (broad SMARTS) is 1. The molecule has 2 aromatic rings. The average Bonchev–Trinajstić information content (AvgIpc) is 3.13. The van der Waals surface area contributed by atoms with Crippen molar-refractivity contribution in [1.29, 1.82) is 0 Å². The van der Waals surface area contributed by atoms with E-state index in [4.69, 9.17) is 19.4 Å². The summed E-state index contributed by atoms with van der Waals surface area (Å²) in [5, 5.41) is 9.58. The summed E-state index contributed by atoms with van der Waals surface area (Å²) in [4.78, 5) is 41.2. The number of nitrogens with zero attached hydrogens (tertiary/aromatic N) is 2. The molecule has 1 aromatic carbocycles. The van der Waals surface area contributed by atoms with E-state index in [0.717, 1.165) is 35.0 Å². The average molecular weight is 432 g/mol. The number of aromatic amines is 1. The Bertz CT molecular complexity index is 960. The van der Waals surface area contributed by atoms with E-state index in [-0.39, 0.29) is 19.1 Å². The van der Waals surface area contributed by atoms with Gasteiger partial charge in [0.2, 0.25) is 0 Å². The minimum Gasteiger partial charge on any atom is -0.483 e. The van der Waals surface area contributed by atoms with Crippen LogP contribution >= 0.6 is 0 Å². The second-order valence-electron chi connectivity index (χ2n) is 7.80. The monoisotopic (exact) mass is 432 g/mol. The van der Waals surface area contributed by atoms with Gasteiger partial charge in [0.1, 0.15) is 11.4 Å². The highest BCUT2D eigenvalue weighted by atomic mass is 16.6. The number of alkyl carbamates (subject to hydrolysis) is 1. The number of rotatable bonds is 3. The molecular formula is C21H28N4O6.